The fourth-order valence-electron chi connectivity index (χ4n) is 2.02. The highest BCUT2D eigenvalue weighted by Crippen LogP contribution is 2.47. The van der Waals surface area contributed by atoms with Gasteiger partial charge in [-0.05, 0) is 31.1 Å². The molecule has 3 heteroatoms. The summed E-state index contributed by atoms with van der Waals surface area (Å²) in [7, 11) is 0. The third-order valence-electron chi connectivity index (χ3n) is 3.27. The SMILES string of the molecule is CC[C@@](F)(CC1(C)CCC1)C(N)=O. The molecule has 0 radical (unpaired) electrons. The first-order valence-corrected chi connectivity index (χ1v) is 4.91. The summed E-state index contributed by atoms with van der Waals surface area (Å²) in [6.07, 6.45) is 3.68. The molecule has 1 amide bonds. The van der Waals surface area contributed by atoms with E-state index < -0.39 is 11.6 Å². The highest BCUT2D eigenvalue weighted by molar-refractivity contribution is 5.83. The van der Waals surface area contributed by atoms with Gasteiger partial charge in [0.25, 0.3) is 5.91 Å². The number of alkyl halides is 1. The molecular weight excluding hydrogens is 169 g/mol. The van der Waals surface area contributed by atoms with Crippen molar-refractivity contribution in [2.75, 3.05) is 0 Å². The minimum atomic E-state index is -1.78. The normalized spacial score (nSPS) is 24.5. The Morgan fingerprint density at radius 3 is 2.38 bits per heavy atom. The smallest absolute Gasteiger partial charge is 0.255 e. The zero-order valence-corrected chi connectivity index (χ0v) is 8.40. The average Bonchev–Trinajstić information content (AvgIpc) is 2.01. The van der Waals surface area contributed by atoms with Gasteiger partial charge in [-0.2, -0.15) is 0 Å². The van der Waals surface area contributed by atoms with Crippen molar-refractivity contribution in [3.05, 3.63) is 0 Å². The number of rotatable bonds is 4. The predicted molar refractivity (Wildman–Crippen MR) is 49.9 cm³/mol. The standard InChI is InChI=1S/C10H18FNO/c1-3-10(11,8(12)13)7-9(2)5-4-6-9/h3-7H2,1-2H3,(H2,12,13)/t10-/m1/s1. The summed E-state index contributed by atoms with van der Waals surface area (Å²) >= 11 is 0. The fourth-order valence-corrected chi connectivity index (χ4v) is 2.02. The van der Waals surface area contributed by atoms with E-state index in [0.717, 1.165) is 19.3 Å². The molecule has 0 aromatic rings. The van der Waals surface area contributed by atoms with E-state index in [1.54, 1.807) is 6.92 Å². The average molecular weight is 187 g/mol. The fraction of sp³-hybridized carbons (Fsp3) is 0.900. The van der Waals surface area contributed by atoms with Crippen molar-refractivity contribution >= 4 is 5.91 Å². The van der Waals surface area contributed by atoms with Gasteiger partial charge in [0.15, 0.2) is 5.67 Å². The van der Waals surface area contributed by atoms with Crippen LogP contribution >= 0.6 is 0 Å². The molecule has 0 aromatic heterocycles. The van der Waals surface area contributed by atoms with Gasteiger partial charge in [0.2, 0.25) is 0 Å². The van der Waals surface area contributed by atoms with Gasteiger partial charge in [0, 0.05) is 0 Å². The summed E-state index contributed by atoms with van der Waals surface area (Å²) in [5, 5.41) is 0. The number of primary amides is 1. The summed E-state index contributed by atoms with van der Waals surface area (Å²) in [6, 6.07) is 0. The molecule has 1 fully saturated rings. The maximum absolute atomic E-state index is 13.9. The maximum Gasteiger partial charge on any atom is 0.255 e. The van der Waals surface area contributed by atoms with Crippen molar-refractivity contribution in [2.24, 2.45) is 11.1 Å². The molecule has 0 spiro atoms. The molecule has 1 atom stereocenters. The van der Waals surface area contributed by atoms with E-state index >= 15 is 0 Å². The van der Waals surface area contributed by atoms with Gasteiger partial charge in [0.05, 0.1) is 0 Å². The van der Waals surface area contributed by atoms with Crippen molar-refractivity contribution in [3.8, 4) is 0 Å². The number of halogens is 1. The topological polar surface area (TPSA) is 43.1 Å². The molecule has 0 aromatic carbocycles. The zero-order chi connectivity index (χ0) is 10.1. The Labute approximate surface area is 78.7 Å². The van der Waals surface area contributed by atoms with E-state index in [0.29, 0.717) is 6.42 Å². The molecule has 76 valence electrons. The zero-order valence-electron chi connectivity index (χ0n) is 8.40. The Morgan fingerprint density at radius 1 is 1.62 bits per heavy atom. The molecule has 0 heterocycles. The van der Waals surface area contributed by atoms with E-state index in [9.17, 15) is 9.18 Å². The lowest BCUT2D eigenvalue weighted by atomic mass is 9.64. The summed E-state index contributed by atoms with van der Waals surface area (Å²) in [6.45, 7) is 3.70. The number of carbonyl (C=O) groups excluding carboxylic acids is 1. The molecule has 1 aliphatic carbocycles. The third kappa shape index (κ3) is 2.01. The van der Waals surface area contributed by atoms with Gasteiger partial charge >= 0.3 is 0 Å². The third-order valence-corrected chi connectivity index (χ3v) is 3.27. The lowest BCUT2D eigenvalue weighted by molar-refractivity contribution is -0.133. The van der Waals surface area contributed by atoms with Crippen LogP contribution in [0.3, 0.4) is 0 Å². The molecule has 2 N–H and O–H groups in total. The summed E-state index contributed by atoms with van der Waals surface area (Å²) in [5.41, 5.74) is 3.28. The second-order valence-electron chi connectivity index (χ2n) is 4.52. The van der Waals surface area contributed by atoms with Crippen molar-refractivity contribution in [3.63, 3.8) is 0 Å². The molecule has 0 bridgehead atoms. The van der Waals surface area contributed by atoms with E-state index in [1.165, 1.54) is 0 Å². The molecule has 0 unspecified atom stereocenters. The molecule has 13 heavy (non-hydrogen) atoms. The minimum absolute atomic E-state index is 0.0137. The van der Waals surface area contributed by atoms with Crippen LogP contribution in [0.4, 0.5) is 4.39 Å². The molecule has 1 saturated carbocycles. The van der Waals surface area contributed by atoms with Crippen LogP contribution in [-0.2, 0) is 4.79 Å². The van der Waals surface area contributed by atoms with Gasteiger partial charge in [0.1, 0.15) is 0 Å². The molecule has 0 saturated heterocycles. The van der Waals surface area contributed by atoms with Crippen LogP contribution in [0, 0.1) is 5.41 Å². The van der Waals surface area contributed by atoms with Gasteiger partial charge < -0.3 is 5.73 Å². The molecular formula is C10H18FNO. The Balaban J connectivity index is 2.62. The summed E-state index contributed by atoms with van der Waals surface area (Å²) < 4.78 is 13.9. The van der Waals surface area contributed by atoms with E-state index in [2.05, 4.69) is 0 Å². The largest absolute Gasteiger partial charge is 0.367 e. The van der Waals surface area contributed by atoms with Crippen LogP contribution < -0.4 is 5.73 Å². The maximum atomic E-state index is 13.9. The number of hydrogen-bond acceptors (Lipinski definition) is 1. The number of nitrogens with two attached hydrogens (primary N) is 1. The first-order valence-electron chi connectivity index (χ1n) is 4.91. The van der Waals surface area contributed by atoms with Crippen LogP contribution in [0.2, 0.25) is 0 Å². The van der Waals surface area contributed by atoms with Gasteiger partial charge in [-0.25, -0.2) is 4.39 Å². The Kier molecular flexibility index (Phi) is 2.64. The lowest BCUT2D eigenvalue weighted by Crippen LogP contribution is -2.45. The Bertz CT molecular complexity index is 213. The lowest BCUT2D eigenvalue weighted by Gasteiger charge is -2.42. The van der Waals surface area contributed by atoms with Crippen molar-refractivity contribution < 1.29 is 9.18 Å². The first-order chi connectivity index (χ1) is 5.92. The van der Waals surface area contributed by atoms with Crippen LogP contribution in [0.25, 0.3) is 0 Å². The number of amides is 1. The molecule has 0 aliphatic heterocycles. The van der Waals surface area contributed by atoms with E-state index in [4.69, 9.17) is 5.73 Å². The van der Waals surface area contributed by atoms with Crippen molar-refractivity contribution in [2.45, 2.75) is 51.6 Å². The highest BCUT2D eigenvalue weighted by atomic mass is 19.1. The van der Waals surface area contributed by atoms with Crippen molar-refractivity contribution in [1.82, 2.24) is 0 Å². The second kappa shape index (κ2) is 3.28. The van der Waals surface area contributed by atoms with E-state index in [-0.39, 0.29) is 11.8 Å². The summed E-state index contributed by atoms with van der Waals surface area (Å²) in [5.74, 6) is -0.803. The predicted octanol–water partition coefficient (Wildman–Crippen LogP) is 2.17. The van der Waals surface area contributed by atoms with Crippen LogP contribution in [0.5, 0.6) is 0 Å². The molecule has 1 aliphatic rings. The van der Waals surface area contributed by atoms with Gasteiger partial charge in [-0.3, -0.25) is 4.79 Å². The second-order valence-corrected chi connectivity index (χ2v) is 4.52. The monoisotopic (exact) mass is 187 g/mol. The summed E-state index contributed by atoms with van der Waals surface area (Å²) in [4.78, 5) is 10.9. The first kappa shape index (κ1) is 10.5. The van der Waals surface area contributed by atoms with Crippen LogP contribution in [0.1, 0.15) is 46.0 Å². The number of hydrogen-bond donors (Lipinski definition) is 1. The molecule has 2 nitrogen and oxygen atoms in total. The molecule has 1 rings (SSSR count). The highest BCUT2D eigenvalue weighted by Gasteiger charge is 2.44. The Morgan fingerprint density at radius 2 is 2.15 bits per heavy atom. The van der Waals surface area contributed by atoms with Crippen molar-refractivity contribution in [1.29, 1.82) is 0 Å². The quantitative estimate of drug-likeness (QED) is 0.720. The van der Waals surface area contributed by atoms with Crippen LogP contribution in [0.15, 0.2) is 0 Å². The number of carbonyl (C=O) groups is 1. The Hall–Kier alpha value is -0.600. The van der Waals surface area contributed by atoms with Gasteiger partial charge in [-0.15, -0.1) is 0 Å². The van der Waals surface area contributed by atoms with E-state index in [1.807, 2.05) is 6.92 Å². The van der Waals surface area contributed by atoms with Gasteiger partial charge in [-0.1, -0.05) is 20.3 Å². The minimum Gasteiger partial charge on any atom is -0.367 e. The van der Waals surface area contributed by atoms with Crippen LogP contribution in [-0.4, -0.2) is 11.6 Å².